The van der Waals surface area contributed by atoms with Crippen LogP contribution < -0.4 is 0 Å². The van der Waals surface area contributed by atoms with Crippen molar-refractivity contribution in [2.75, 3.05) is 13.7 Å². The molecule has 5 nitrogen and oxygen atoms in total. The molecule has 0 heterocycles. The number of aliphatic hydroxyl groups is 3. The van der Waals surface area contributed by atoms with E-state index in [4.69, 9.17) is 4.74 Å². The minimum atomic E-state index is -1.73. The van der Waals surface area contributed by atoms with Crippen LogP contribution in [0.5, 0.6) is 0 Å². The summed E-state index contributed by atoms with van der Waals surface area (Å²) in [5.74, 6) is -2.00. The third-order valence-electron chi connectivity index (χ3n) is 12.8. The highest BCUT2D eigenvalue weighted by Crippen LogP contribution is 2.74. The second-order valence-corrected chi connectivity index (χ2v) is 14.5. The number of ether oxygens (including phenoxy) is 1. The highest BCUT2D eigenvalue weighted by atomic mass is 16.6. The molecule has 1 spiro atoms. The number of aryl methyl sites for hydroxylation is 1. The summed E-state index contributed by atoms with van der Waals surface area (Å²) in [6.45, 7) is 6.46. The first-order valence-electron chi connectivity index (χ1n) is 16.1. The molecule has 43 heavy (non-hydrogen) atoms. The Morgan fingerprint density at radius 3 is 2.65 bits per heavy atom. The van der Waals surface area contributed by atoms with Crippen molar-refractivity contribution < 1.29 is 24.9 Å². The Balaban J connectivity index is 1.35. The maximum atomic E-state index is 14.7. The number of benzene rings is 3. The molecule has 0 radical (unpaired) electrons. The van der Waals surface area contributed by atoms with E-state index < -0.39 is 22.5 Å². The van der Waals surface area contributed by atoms with Crippen molar-refractivity contribution in [3.8, 4) is 0 Å². The van der Waals surface area contributed by atoms with Crippen molar-refractivity contribution in [1.29, 1.82) is 0 Å². The lowest BCUT2D eigenvalue weighted by atomic mass is 9.55. The van der Waals surface area contributed by atoms with Crippen LogP contribution in [0.1, 0.15) is 72.3 Å². The second kappa shape index (κ2) is 9.34. The van der Waals surface area contributed by atoms with E-state index in [-0.39, 0.29) is 42.7 Å². The van der Waals surface area contributed by atoms with Gasteiger partial charge in [-0.05, 0) is 94.9 Å². The lowest BCUT2D eigenvalue weighted by Gasteiger charge is -2.48. The fraction of sp³-hybridized carbons (Fsp3) is 0.500. The highest BCUT2D eigenvalue weighted by molar-refractivity contribution is 5.90. The minimum Gasteiger partial charge on any atom is -0.396 e. The average Bonchev–Trinajstić information content (AvgIpc) is 3.35. The third kappa shape index (κ3) is 3.45. The van der Waals surface area contributed by atoms with Gasteiger partial charge < -0.3 is 20.1 Å². The number of hydrogen-bond donors (Lipinski definition) is 3. The normalized spacial score (nSPS) is 39.7. The minimum absolute atomic E-state index is 0.0209. The molecule has 0 aromatic heterocycles. The summed E-state index contributed by atoms with van der Waals surface area (Å²) >= 11 is 0. The molecular weight excluding hydrogens is 536 g/mol. The molecule has 9 atom stereocenters. The first kappa shape index (κ1) is 27.7. The van der Waals surface area contributed by atoms with Gasteiger partial charge in [-0.3, -0.25) is 4.79 Å². The SMILES string of the molecule is C=C1C2C(CO)CC3(C(=O)CCc4cccc(c4)C4CCC5Cc6cc7ccc(cc7cc6C4C5O)CC13C)C2(O)OC. The quantitative estimate of drug-likeness (QED) is 0.272. The summed E-state index contributed by atoms with van der Waals surface area (Å²) in [5, 5.41) is 36.6. The lowest BCUT2D eigenvalue weighted by Crippen LogP contribution is -2.56. The van der Waals surface area contributed by atoms with E-state index in [0.29, 0.717) is 25.2 Å². The average molecular weight is 579 g/mol. The van der Waals surface area contributed by atoms with E-state index in [9.17, 15) is 20.1 Å². The van der Waals surface area contributed by atoms with Gasteiger partial charge in [0.1, 0.15) is 5.78 Å². The second-order valence-electron chi connectivity index (χ2n) is 14.5. The van der Waals surface area contributed by atoms with E-state index in [0.717, 1.165) is 41.3 Å². The third-order valence-corrected chi connectivity index (χ3v) is 12.8. The Kier molecular flexibility index (Phi) is 6.02. The number of fused-ring (bicyclic) bond motifs is 6. The van der Waals surface area contributed by atoms with E-state index in [1.54, 1.807) is 0 Å². The summed E-state index contributed by atoms with van der Waals surface area (Å²) in [6.07, 6.45) is 4.34. The Hall–Kier alpha value is -2.83. The molecule has 3 aromatic rings. The van der Waals surface area contributed by atoms with Crippen molar-refractivity contribution in [3.05, 3.63) is 94.6 Å². The topological polar surface area (TPSA) is 87.0 Å². The first-order chi connectivity index (χ1) is 20.6. The van der Waals surface area contributed by atoms with Crippen LogP contribution in [-0.4, -0.2) is 46.7 Å². The van der Waals surface area contributed by atoms with E-state index in [1.165, 1.54) is 29.2 Å². The van der Waals surface area contributed by atoms with Crippen LogP contribution >= 0.6 is 0 Å². The van der Waals surface area contributed by atoms with Gasteiger partial charge in [0.2, 0.25) is 0 Å². The molecule has 8 rings (SSSR count). The molecule has 5 aliphatic rings. The van der Waals surface area contributed by atoms with Crippen molar-refractivity contribution in [3.63, 3.8) is 0 Å². The number of ketones is 1. The number of carbonyl (C=O) groups is 1. The fourth-order valence-electron chi connectivity index (χ4n) is 10.8. The zero-order valence-electron chi connectivity index (χ0n) is 25.2. The maximum Gasteiger partial charge on any atom is 0.185 e. The van der Waals surface area contributed by atoms with E-state index in [2.05, 4.69) is 68.1 Å². The monoisotopic (exact) mass is 578 g/mol. The molecule has 9 bridgehead atoms. The zero-order chi connectivity index (χ0) is 29.9. The van der Waals surface area contributed by atoms with Crippen molar-refractivity contribution in [2.45, 2.75) is 75.6 Å². The largest absolute Gasteiger partial charge is 0.396 e. The molecule has 3 N–H and O–H groups in total. The Morgan fingerprint density at radius 1 is 1.02 bits per heavy atom. The maximum absolute atomic E-state index is 14.7. The van der Waals surface area contributed by atoms with Crippen LogP contribution in [-0.2, 0) is 28.8 Å². The lowest BCUT2D eigenvalue weighted by molar-refractivity contribution is -0.254. The number of Topliss-reactive ketones (excluding diaryl/α,β-unsaturated/α-hetero) is 1. The molecule has 9 unspecified atom stereocenters. The summed E-state index contributed by atoms with van der Waals surface area (Å²) in [5.41, 5.74) is 4.85. The van der Waals surface area contributed by atoms with Gasteiger partial charge >= 0.3 is 0 Å². The predicted molar refractivity (Wildman–Crippen MR) is 166 cm³/mol. The van der Waals surface area contributed by atoms with Crippen LogP contribution in [0.3, 0.4) is 0 Å². The summed E-state index contributed by atoms with van der Waals surface area (Å²) in [4.78, 5) is 14.7. The van der Waals surface area contributed by atoms with Crippen LogP contribution in [0, 0.1) is 28.6 Å². The molecule has 3 aromatic carbocycles. The predicted octanol–water partition coefficient (Wildman–Crippen LogP) is 5.62. The molecule has 5 aliphatic carbocycles. The van der Waals surface area contributed by atoms with Crippen LogP contribution in [0.4, 0.5) is 0 Å². The van der Waals surface area contributed by atoms with Gasteiger partial charge in [0.25, 0.3) is 0 Å². The van der Waals surface area contributed by atoms with Crippen LogP contribution in [0.25, 0.3) is 10.8 Å². The van der Waals surface area contributed by atoms with Gasteiger partial charge in [0.15, 0.2) is 5.79 Å². The highest BCUT2D eigenvalue weighted by Gasteiger charge is 2.80. The van der Waals surface area contributed by atoms with Gasteiger partial charge in [0, 0.05) is 37.4 Å². The molecule has 3 fully saturated rings. The van der Waals surface area contributed by atoms with E-state index in [1.807, 2.05) is 0 Å². The van der Waals surface area contributed by atoms with Crippen molar-refractivity contribution >= 4 is 16.6 Å². The van der Waals surface area contributed by atoms with Gasteiger partial charge in [-0.15, -0.1) is 0 Å². The molecular formula is C38H42O5. The molecule has 3 saturated carbocycles. The Labute approximate surface area is 253 Å². The summed E-state index contributed by atoms with van der Waals surface area (Å²) in [6, 6.07) is 19.8. The molecule has 224 valence electrons. The molecule has 5 heteroatoms. The van der Waals surface area contributed by atoms with E-state index >= 15 is 0 Å². The number of rotatable bonds is 2. The number of aliphatic hydroxyl groups excluding tert-OH is 2. The fourth-order valence-corrected chi connectivity index (χ4v) is 10.8. The van der Waals surface area contributed by atoms with Crippen LogP contribution in [0.15, 0.2) is 66.7 Å². The Morgan fingerprint density at radius 2 is 1.86 bits per heavy atom. The zero-order valence-corrected chi connectivity index (χ0v) is 25.2. The number of hydrogen-bond acceptors (Lipinski definition) is 5. The van der Waals surface area contributed by atoms with Gasteiger partial charge in [-0.25, -0.2) is 0 Å². The number of methoxy groups -OCH3 is 1. The van der Waals surface area contributed by atoms with Crippen molar-refractivity contribution in [1.82, 2.24) is 0 Å². The molecule has 0 aliphatic heterocycles. The standard InChI is InChI=1S/C38H42O5/c1-21-34-29(20-39)19-37(38(34,42)43-3)32(40)12-8-22-5-4-6-25(13-22)30-11-10-26-16-28-15-24-9-7-23(18-36(21,37)2)14-27(24)17-31(28)33(30)35(26)41/h4-7,9,13-15,17,26,29-30,33-35,39,41-42H,1,8,10-12,16,18-20H2,2-3H3. The van der Waals surface area contributed by atoms with Gasteiger partial charge in [0.05, 0.1) is 11.5 Å². The van der Waals surface area contributed by atoms with Gasteiger partial charge in [-0.2, -0.15) is 0 Å². The molecule has 0 saturated heterocycles. The first-order valence-corrected chi connectivity index (χ1v) is 16.1. The smallest absolute Gasteiger partial charge is 0.185 e. The number of carbonyl (C=O) groups excluding carboxylic acids is 1. The van der Waals surface area contributed by atoms with Gasteiger partial charge in [-0.1, -0.05) is 73.7 Å². The summed E-state index contributed by atoms with van der Waals surface area (Å²) < 4.78 is 5.94. The molecule has 0 amide bonds. The summed E-state index contributed by atoms with van der Waals surface area (Å²) in [7, 11) is 1.49. The van der Waals surface area contributed by atoms with Crippen molar-refractivity contribution in [2.24, 2.45) is 28.6 Å². The Bertz CT molecular complexity index is 1680. The van der Waals surface area contributed by atoms with Crippen LogP contribution in [0.2, 0.25) is 0 Å².